The van der Waals surface area contributed by atoms with Crippen molar-refractivity contribution in [3.05, 3.63) is 0 Å². The molecule has 1 unspecified atom stereocenters. The van der Waals surface area contributed by atoms with Crippen LogP contribution in [0, 0.1) is 5.41 Å². The average molecular weight is 275 g/mol. The first-order chi connectivity index (χ1) is 8.18. The van der Waals surface area contributed by atoms with Crippen molar-refractivity contribution in [3.63, 3.8) is 0 Å². The summed E-state index contributed by atoms with van der Waals surface area (Å²) in [5, 5.41) is 0. The van der Waals surface area contributed by atoms with Gasteiger partial charge in [-0.2, -0.15) is 0 Å². The van der Waals surface area contributed by atoms with E-state index in [0.717, 1.165) is 25.7 Å². The van der Waals surface area contributed by atoms with E-state index < -0.39 is 9.84 Å². The molecule has 1 rings (SSSR count). The second kappa shape index (κ2) is 5.91. The highest BCUT2D eigenvalue weighted by Crippen LogP contribution is 2.38. The molecule has 0 radical (unpaired) electrons. The summed E-state index contributed by atoms with van der Waals surface area (Å²) in [5.41, 5.74) is 6.73. The average Bonchev–Trinajstić information content (AvgIpc) is 2.39. The molecule has 108 valence electrons. The normalized spacial score (nSPS) is 28.9. The Kier molecular flexibility index (Phi) is 5.24. The van der Waals surface area contributed by atoms with Crippen LogP contribution in [0.2, 0.25) is 0 Å². The van der Waals surface area contributed by atoms with E-state index in [1.165, 1.54) is 12.8 Å². The summed E-state index contributed by atoms with van der Waals surface area (Å²) >= 11 is 0. The minimum atomic E-state index is -2.83. The summed E-state index contributed by atoms with van der Waals surface area (Å²) in [4.78, 5) is 0. The highest BCUT2D eigenvalue weighted by Gasteiger charge is 2.32. The van der Waals surface area contributed by atoms with Gasteiger partial charge in [-0.1, -0.05) is 27.2 Å². The van der Waals surface area contributed by atoms with E-state index >= 15 is 0 Å². The van der Waals surface area contributed by atoms with Gasteiger partial charge in [0.25, 0.3) is 0 Å². The smallest absolute Gasteiger partial charge is 0.150 e. The lowest BCUT2D eigenvalue weighted by Gasteiger charge is -2.29. The molecule has 0 bridgehead atoms. The molecule has 2 N–H and O–H groups in total. The molecule has 0 amide bonds. The molecular weight excluding hydrogens is 246 g/mol. The van der Waals surface area contributed by atoms with Gasteiger partial charge in [0.15, 0.2) is 0 Å². The molecule has 1 atom stereocenters. The van der Waals surface area contributed by atoms with E-state index in [1.54, 1.807) is 6.92 Å². The molecule has 0 saturated heterocycles. The molecule has 1 aliphatic rings. The van der Waals surface area contributed by atoms with Crippen molar-refractivity contribution in [2.24, 2.45) is 11.1 Å². The Bertz CT molecular complexity index is 362. The second-order valence-corrected chi connectivity index (χ2v) is 9.19. The second-order valence-electron chi connectivity index (χ2n) is 6.72. The predicted molar refractivity (Wildman–Crippen MR) is 77.3 cm³/mol. The maximum atomic E-state index is 11.5. The fourth-order valence-electron chi connectivity index (χ4n) is 2.79. The van der Waals surface area contributed by atoms with E-state index in [4.69, 9.17) is 5.73 Å². The Morgan fingerprint density at radius 2 is 1.78 bits per heavy atom. The van der Waals surface area contributed by atoms with E-state index in [1.807, 2.05) is 0 Å². The zero-order chi connectivity index (χ0) is 13.9. The first-order valence-electron chi connectivity index (χ1n) is 7.17. The Balaban J connectivity index is 2.45. The van der Waals surface area contributed by atoms with Crippen molar-refractivity contribution in [2.75, 3.05) is 11.5 Å². The third-order valence-electron chi connectivity index (χ3n) is 4.40. The molecule has 0 aromatic rings. The van der Waals surface area contributed by atoms with Crippen molar-refractivity contribution >= 4 is 9.84 Å². The molecule has 0 aliphatic heterocycles. The minimum Gasteiger partial charge on any atom is -0.325 e. The Hall–Kier alpha value is -0.0900. The van der Waals surface area contributed by atoms with Crippen molar-refractivity contribution in [1.82, 2.24) is 0 Å². The van der Waals surface area contributed by atoms with Crippen LogP contribution >= 0.6 is 0 Å². The number of hydrogen-bond acceptors (Lipinski definition) is 3. The number of rotatable bonds is 5. The van der Waals surface area contributed by atoms with Crippen LogP contribution in [0.25, 0.3) is 0 Å². The van der Waals surface area contributed by atoms with Crippen LogP contribution in [0.1, 0.15) is 65.7 Å². The summed E-state index contributed by atoms with van der Waals surface area (Å²) in [6, 6.07) is 0. The van der Waals surface area contributed by atoms with Crippen LogP contribution in [0.5, 0.6) is 0 Å². The fraction of sp³-hybridized carbons (Fsp3) is 1.00. The van der Waals surface area contributed by atoms with Crippen LogP contribution in [0.15, 0.2) is 0 Å². The summed E-state index contributed by atoms with van der Waals surface area (Å²) in [5.74, 6) is 0.545. The van der Waals surface area contributed by atoms with Crippen molar-refractivity contribution in [1.29, 1.82) is 0 Å². The zero-order valence-electron chi connectivity index (χ0n) is 12.2. The molecule has 0 spiro atoms. The summed E-state index contributed by atoms with van der Waals surface area (Å²) in [6.45, 7) is 6.32. The third kappa shape index (κ3) is 5.27. The van der Waals surface area contributed by atoms with Gasteiger partial charge in [-0.05, 0) is 43.9 Å². The van der Waals surface area contributed by atoms with E-state index in [2.05, 4.69) is 13.8 Å². The standard InChI is InChI=1S/C14H29NO2S/c1-4-18(16,17)12-6-9-14(15)8-5-7-13(2,3)10-11-14/h4-12,15H2,1-3H3. The Morgan fingerprint density at radius 3 is 2.39 bits per heavy atom. The van der Waals surface area contributed by atoms with E-state index in [0.29, 0.717) is 17.6 Å². The highest BCUT2D eigenvalue weighted by molar-refractivity contribution is 7.91. The molecular formula is C14H29NO2S. The van der Waals surface area contributed by atoms with E-state index in [-0.39, 0.29) is 11.3 Å². The molecule has 1 aliphatic carbocycles. The molecule has 0 aromatic carbocycles. The van der Waals surface area contributed by atoms with Crippen molar-refractivity contribution in [3.8, 4) is 0 Å². The summed E-state index contributed by atoms with van der Waals surface area (Å²) in [6.07, 6.45) is 7.21. The highest BCUT2D eigenvalue weighted by atomic mass is 32.2. The monoisotopic (exact) mass is 275 g/mol. The van der Waals surface area contributed by atoms with Crippen LogP contribution < -0.4 is 5.73 Å². The van der Waals surface area contributed by atoms with Gasteiger partial charge in [0.1, 0.15) is 9.84 Å². The maximum Gasteiger partial charge on any atom is 0.150 e. The molecule has 0 aromatic heterocycles. The zero-order valence-corrected chi connectivity index (χ0v) is 13.0. The lowest BCUT2D eigenvalue weighted by atomic mass is 9.82. The lowest BCUT2D eigenvalue weighted by Crippen LogP contribution is -2.39. The molecule has 1 fully saturated rings. The molecule has 1 saturated carbocycles. The number of nitrogens with two attached hydrogens (primary N) is 1. The van der Waals surface area contributed by atoms with Gasteiger partial charge >= 0.3 is 0 Å². The van der Waals surface area contributed by atoms with Crippen molar-refractivity contribution < 1.29 is 8.42 Å². The van der Waals surface area contributed by atoms with E-state index in [9.17, 15) is 8.42 Å². The van der Waals surface area contributed by atoms with Gasteiger partial charge in [0.05, 0.1) is 5.75 Å². The van der Waals surface area contributed by atoms with Gasteiger partial charge < -0.3 is 5.73 Å². The lowest BCUT2D eigenvalue weighted by molar-refractivity contribution is 0.290. The number of sulfone groups is 1. The Morgan fingerprint density at radius 1 is 1.11 bits per heavy atom. The van der Waals surface area contributed by atoms with Gasteiger partial charge in [0.2, 0.25) is 0 Å². The van der Waals surface area contributed by atoms with Crippen LogP contribution in [0.3, 0.4) is 0 Å². The SMILES string of the molecule is CCS(=O)(=O)CCCC1(N)CCCC(C)(C)CC1. The minimum absolute atomic E-state index is 0.128. The molecule has 18 heavy (non-hydrogen) atoms. The maximum absolute atomic E-state index is 11.5. The van der Waals surface area contributed by atoms with Gasteiger partial charge in [-0.25, -0.2) is 8.42 Å². The van der Waals surface area contributed by atoms with Crippen LogP contribution in [-0.4, -0.2) is 25.5 Å². The van der Waals surface area contributed by atoms with Gasteiger partial charge in [0, 0.05) is 11.3 Å². The Labute approximate surface area is 112 Å². The first-order valence-corrected chi connectivity index (χ1v) is 9.00. The fourth-order valence-corrected chi connectivity index (χ4v) is 3.67. The van der Waals surface area contributed by atoms with Gasteiger partial charge in [-0.3, -0.25) is 0 Å². The quantitative estimate of drug-likeness (QED) is 0.785. The molecule has 0 heterocycles. The van der Waals surface area contributed by atoms with Crippen LogP contribution in [-0.2, 0) is 9.84 Å². The van der Waals surface area contributed by atoms with Crippen LogP contribution in [0.4, 0.5) is 0 Å². The molecule has 4 heteroatoms. The summed E-state index contributed by atoms with van der Waals surface area (Å²) in [7, 11) is -2.83. The van der Waals surface area contributed by atoms with Crippen molar-refractivity contribution in [2.45, 2.75) is 71.3 Å². The topological polar surface area (TPSA) is 60.2 Å². The largest absolute Gasteiger partial charge is 0.325 e. The first kappa shape index (κ1) is 16.0. The molecule has 3 nitrogen and oxygen atoms in total. The number of hydrogen-bond donors (Lipinski definition) is 1. The summed E-state index contributed by atoms with van der Waals surface area (Å²) < 4.78 is 23.0. The van der Waals surface area contributed by atoms with Gasteiger partial charge in [-0.15, -0.1) is 0 Å². The third-order valence-corrected chi connectivity index (χ3v) is 6.19. The predicted octanol–water partition coefficient (Wildman–Crippen LogP) is 2.89.